The fourth-order valence-corrected chi connectivity index (χ4v) is 2.22. The van der Waals surface area contributed by atoms with Crippen molar-refractivity contribution in [3.8, 4) is 0 Å². The highest BCUT2D eigenvalue weighted by molar-refractivity contribution is 7.89. The van der Waals surface area contributed by atoms with Crippen LogP contribution in [0.15, 0.2) is 24.3 Å². The molecule has 1 rings (SSSR count). The molecule has 0 aliphatic heterocycles. The van der Waals surface area contributed by atoms with Crippen LogP contribution in [0.5, 0.6) is 0 Å². The van der Waals surface area contributed by atoms with E-state index in [0.717, 1.165) is 5.56 Å². The Labute approximate surface area is 125 Å². The zero-order valence-corrected chi connectivity index (χ0v) is 13.0. The van der Waals surface area contributed by atoms with Gasteiger partial charge < -0.3 is 16.0 Å². The molecule has 1 atom stereocenters. The molecule has 0 aromatic heterocycles. The van der Waals surface area contributed by atoms with E-state index < -0.39 is 10.0 Å². The van der Waals surface area contributed by atoms with E-state index in [1.54, 1.807) is 0 Å². The number of carbonyl (C=O) groups excluding carboxylic acids is 1. The lowest BCUT2D eigenvalue weighted by atomic mass is 10.1. The predicted molar refractivity (Wildman–Crippen MR) is 83.5 cm³/mol. The minimum Gasteiger partial charge on any atom is -0.338 e. The van der Waals surface area contributed by atoms with Crippen molar-refractivity contribution in [3.05, 3.63) is 29.8 Å². The molecule has 8 heteroatoms. The fraction of sp³-hybridized carbons (Fsp3) is 0.462. The van der Waals surface area contributed by atoms with Gasteiger partial charge in [0.05, 0.1) is 5.75 Å². The number of primary sulfonamides is 1. The summed E-state index contributed by atoms with van der Waals surface area (Å²) in [5, 5.41) is 13.2. The summed E-state index contributed by atoms with van der Waals surface area (Å²) >= 11 is 0. The molecule has 7 nitrogen and oxygen atoms in total. The van der Waals surface area contributed by atoms with Crippen LogP contribution in [0.1, 0.15) is 24.9 Å². The quantitative estimate of drug-likeness (QED) is 0.557. The van der Waals surface area contributed by atoms with Crippen LogP contribution in [0.25, 0.3) is 0 Å². The fourth-order valence-electron chi connectivity index (χ4n) is 1.67. The third kappa shape index (κ3) is 7.07. The van der Waals surface area contributed by atoms with Gasteiger partial charge in [0, 0.05) is 18.3 Å². The Balaban J connectivity index is 2.38. The molecule has 0 aliphatic rings. The Bertz CT molecular complexity index is 557. The Morgan fingerprint density at radius 1 is 1.29 bits per heavy atom. The van der Waals surface area contributed by atoms with Gasteiger partial charge >= 0.3 is 6.03 Å². The van der Waals surface area contributed by atoms with Gasteiger partial charge in [-0.05, 0) is 38.1 Å². The van der Waals surface area contributed by atoms with Gasteiger partial charge in [0.25, 0.3) is 0 Å². The molecule has 0 aliphatic carbocycles. The lowest BCUT2D eigenvalue weighted by molar-refractivity contribution is 0.252. The number of anilines is 1. The molecule has 1 unspecified atom stereocenters. The average molecular weight is 314 g/mol. The first-order chi connectivity index (χ1) is 9.81. The molecule has 5 N–H and O–H groups in total. The van der Waals surface area contributed by atoms with E-state index in [2.05, 4.69) is 16.0 Å². The molecule has 0 bridgehead atoms. The molecule has 2 amide bonds. The molecular weight excluding hydrogens is 292 g/mol. The Morgan fingerprint density at radius 3 is 2.43 bits per heavy atom. The monoisotopic (exact) mass is 314 g/mol. The number of nitrogens with one attached hydrogen (secondary N) is 3. The summed E-state index contributed by atoms with van der Waals surface area (Å²) in [5.74, 6) is -0.149. The number of urea groups is 1. The van der Waals surface area contributed by atoms with Crippen molar-refractivity contribution in [1.82, 2.24) is 10.6 Å². The minimum absolute atomic E-state index is 0.149. The molecule has 0 spiro atoms. The number of nitrogens with two attached hydrogens (primary N) is 1. The van der Waals surface area contributed by atoms with Crippen molar-refractivity contribution in [3.63, 3.8) is 0 Å². The number of hydrogen-bond acceptors (Lipinski definition) is 4. The molecule has 0 fully saturated rings. The molecular formula is C13H22N4O3S. The summed E-state index contributed by atoms with van der Waals surface area (Å²) in [7, 11) is -1.59. The normalized spacial score (nSPS) is 12.7. The van der Waals surface area contributed by atoms with Crippen molar-refractivity contribution in [2.24, 2.45) is 5.14 Å². The van der Waals surface area contributed by atoms with Crippen LogP contribution < -0.4 is 21.1 Å². The predicted octanol–water partition coefficient (Wildman–Crippen LogP) is 0.767. The summed E-state index contributed by atoms with van der Waals surface area (Å²) in [6.45, 7) is 2.29. The smallest absolute Gasteiger partial charge is 0.319 e. The highest BCUT2D eigenvalue weighted by atomic mass is 32.2. The van der Waals surface area contributed by atoms with Crippen LogP contribution in [0.2, 0.25) is 0 Å². The molecule has 0 saturated heterocycles. The second-order valence-electron chi connectivity index (χ2n) is 4.73. The van der Waals surface area contributed by atoms with Gasteiger partial charge in [0.2, 0.25) is 10.0 Å². The van der Waals surface area contributed by atoms with Gasteiger partial charge in [-0.3, -0.25) is 0 Å². The van der Waals surface area contributed by atoms with Gasteiger partial charge in [-0.2, -0.15) is 0 Å². The summed E-state index contributed by atoms with van der Waals surface area (Å²) in [6.07, 6.45) is 0.283. The average Bonchev–Trinajstić information content (AvgIpc) is 2.42. The van der Waals surface area contributed by atoms with Crippen molar-refractivity contribution >= 4 is 21.7 Å². The zero-order valence-electron chi connectivity index (χ0n) is 12.2. The van der Waals surface area contributed by atoms with Crippen molar-refractivity contribution in [1.29, 1.82) is 0 Å². The van der Waals surface area contributed by atoms with E-state index in [4.69, 9.17) is 5.14 Å². The third-order valence-electron chi connectivity index (χ3n) is 2.99. The maximum Gasteiger partial charge on any atom is 0.319 e. The molecule has 118 valence electrons. The molecule has 0 saturated carbocycles. The number of benzene rings is 1. The summed E-state index contributed by atoms with van der Waals surface area (Å²) in [6, 6.07) is 7.35. The minimum atomic E-state index is -3.47. The molecule has 1 aromatic rings. The van der Waals surface area contributed by atoms with Crippen LogP contribution >= 0.6 is 0 Å². The number of rotatable bonds is 7. The van der Waals surface area contributed by atoms with Gasteiger partial charge in [-0.15, -0.1) is 0 Å². The highest BCUT2D eigenvalue weighted by Gasteiger charge is 2.05. The number of sulfonamides is 1. The maximum atomic E-state index is 11.6. The van der Waals surface area contributed by atoms with E-state index in [-0.39, 0.29) is 30.8 Å². The standard InChI is InChI=1S/C13H22N4O3S/c1-10(15-2)11-4-6-12(7-5-11)17-13(18)16-8-3-9-21(14,19)20/h4-7,10,15H,3,8-9H2,1-2H3,(H2,14,19,20)(H2,16,17,18). The van der Waals surface area contributed by atoms with E-state index in [1.165, 1.54) is 0 Å². The Morgan fingerprint density at radius 2 is 1.90 bits per heavy atom. The number of amides is 2. The van der Waals surface area contributed by atoms with E-state index in [9.17, 15) is 13.2 Å². The summed E-state index contributed by atoms with van der Waals surface area (Å²) in [4.78, 5) is 11.6. The maximum absolute atomic E-state index is 11.6. The van der Waals surface area contributed by atoms with Crippen molar-refractivity contribution in [2.75, 3.05) is 24.7 Å². The van der Waals surface area contributed by atoms with Crippen LogP contribution in [-0.4, -0.2) is 33.8 Å². The largest absolute Gasteiger partial charge is 0.338 e. The van der Waals surface area contributed by atoms with E-state index in [1.807, 2.05) is 38.2 Å². The SMILES string of the molecule is CNC(C)c1ccc(NC(=O)NCCCS(N)(=O)=O)cc1. The number of carbonyl (C=O) groups is 1. The zero-order chi connectivity index (χ0) is 15.9. The van der Waals surface area contributed by atoms with Crippen LogP contribution in [-0.2, 0) is 10.0 Å². The Hall–Kier alpha value is -1.64. The van der Waals surface area contributed by atoms with Gasteiger partial charge in [-0.1, -0.05) is 12.1 Å². The van der Waals surface area contributed by atoms with Gasteiger partial charge in [0.15, 0.2) is 0 Å². The topological polar surface area (TPSA) is 113 Å². The highest BCUT2D eigenvalue weighted by Crippen LogP contribution is 2.15. The summed E-state index contributed by atoms with van der Waals surface area (Å²) in [5.41, 5.74) is 1.79. The second-order valence-corrected chi connectivity index (χ2v) is 6.47. The molecule has 0 radical (unpaired) electrons. The first-order valence-corrected chi connectivity index (χ1v) is 8.36. The van der Waals surface area contributed by atoms with Crippen LogP contribution in [0.4, 0.5) is 10.5 Å². The van der Waals surface area contributed by atoms with Crippen LogP contribution in [0.3, 0.4) is 0 Å². The first-order valence-electron chi connectivity index (χ1n) is 6.64. The Kier molecular flexibility index (Phi) is 6.60. The summed E-state index contributed by atoms with van der Waals surface area (Å²) < 4.78 is 21.4. The van der Waals surface area contributed by atoms with Crippen molar-refractivity contribution in [2.45, 2.75) is 19.4 Å². The van der Waals surface area contributed by atoms with Crippen molar-refractivity contribution < 1.29 is 13.2 Å². The van der Waals surface area contributed by atoms with E-state index >= 15 is 0 Å². The number of hydrogen-bond donors (Lipinski definition) is 4. The molecule has 21 heavy (non-hydrogen) atoms. The van der Waals surface area contributed by atoms with Crippen LogP contribution in [0, 0.1) is 0 Å². The lowest BCUT2D eigenvalue weighted by Crippen LogP contribution is -2.31. The van der Waals surface area contributed by atoms with Gasteiger partial charge in [0.1, 0.15) is 0 Å². The van der Waals surface area contributed by atoms with E-state index in [0.29, 0.717) is 5.69 Å². The molecule has 1 aromatic carbocycles. The first kappa shape index (κ1) is 17.4. The lowest BCUT2D eigenvalue weighted by Gasteiger charge is -2.12. The third-order valence-corrected chi connectivity index (χ3v) is 3.85. The second kappa shape index (κ2) is 7.96. The van der Waals surface area contributed by atoms with Gasteiger partial charge in [-0.25, -0.2) is 18.4 Å². The molecule has 0 heterocycles.